The highest BCUT2D eigenvalue weighted by Gasteiger charge is 2.33. The maximum atomic E-state index is 12.3. The van der Waals surface area contributed by atoms with Crippen molar-refractivity contribution in [1.29, 1.82) is 0 Å². The maximum Gasteiger partial charge on any atom is 0.232 e. The van der Waals surface area contributed by atoms with Crippen molar-refractivity contribution in [2.75, 3.05) is 5.32 Å². The van der Waals surface area contributed by atoms with Gasteiger partial charge in [-0.1, -0.05) is 41.9 Å². The lowest BCUT2D eigenvalue weighted by molar-refractivity contribution is -0.117. The number of carbonyl (C=O) groups excluding carboxylic acids is 2. The Labute approximate surface area is 121 Å². The lowest BCUT2D eigenvalue weighted by atomic mass is 10.0. The van der Waals surface area contributed by atoms with Gasteiger partial charge in [-0.3, -0.25) is 9.59 Å². The number of Topliss-reactive ketones (excluding diaryl/α,β-unsaturated/α-hetero) is 1. The molecule has 0 aromatic heterocycles. The summed E-state index contributed by atoms with van der Waals surface area (Å²) in [6, 6.07) is 14.2. The Bertz CT molecular complexity index is 696. The minimum atomic E-state index is -0.419. The number of anilines is 1. The van der Waals surface area contributed by atoms with Crippen molar-refractivity contribution in [3.05, 3.63) is 64.7 Å². The Morgan fingerprint density at radius 3 is 2.75 bits per heavy atom. The Morgan fingerprint density at radius 1 is 1.15 bits per heavy atom. The molecule has 100 valence electrons. The smallest absolute Gasteiger partial charge is 0.232 e. The van der Waals surface area contributed by atoms with Gasteiger partial charge in [0.05, 0.1) is 5.92 Å². The van der Waals surface area contributed by atoms with E-state index in [-0.39, 0.29) is 18.1 Å². The van der Waals surface area contributed by atoms with E-state index in [2.05, 4.69) is 5.32 Å². The zero-order chi connectivity index (χ0) is 14.1. The largest absolute Gasteiger partial charge is 0.325 e. The first-order valence-corrected chi connectivity index (χ1v) is 6.71. The zero-order valence-electron chi connectivity index (χ0n) is 10.6. The highest BCUT2D eigenvalue weighted by molar-refractivity contribution is 6.30. The summed E-state index contributed by atoms with van der Waals surface area (Å²) in [5.41, 5.74) is 2.09. The Kier molecular flexibility index (Phi) is 3.28. The van der Waals surface area contributed by atoms with Crippen molar-refractivity contribution >= 4 is 29.0 Å². The van der Waals surface area contributed by atoms with Gasteiger partial charge in [-0.25, -0.2) is 0 Å². The highest BCUT2D eigenvalue weighted by atomic mass is 35.5. The molecule has 0 saturated carbocycles. The van der Waals surface area contributed by atoms with Gasteiger partial charge in [0.2, 0.25) is 5.91 Å². The fourth-order valence-corrected chi connectivity index (χ4v) is 2.68. The van der Waals surface area contributed by atoms with E-state index in [0.29, 0.717) is 16.3 Å². The second-order valence-electron chi connectivity index (χ2n) is 4.77. The fourth-order valence-electron chi connectivity index (χ4n) is 2.49. The van der Waals surface area contributed by atoms with E-state index in [1.165, 1.54) is 0 Å². The molecule has 0 bridgehead atoms. The average Bonchev–Trinajstić information content (AvgIpc) is 2.77. The van der Waals surface area contributed by atoms with Crippen LogP contribution in [0.3, 0.4) is 0 Å². The lowest BCUT2D eigenvalue weighted by Gasteiger charge is -2.11. The fraction of sp³-hybridized carbons (Fsp3) is 0.125. The summed E-state index contributed by atoms with van der Waals surface area (Å²) in [4.78, 5) is 24.2. The SMILES string of the molecule is O=C1C[C@@H](C(=O)Nc2cccc(Cl)c2)c2ccccc21. The van der Waals surface area contributed by atoms with Gasteiger partial charge in [-0.05, 0) is 23.8 Å². The van der Waals surface area contributed by atoms with Crippen LogP contribution >= 0.6 is 11.6 Å². The quantitative estimate of drug-likeness (QED) is 0.915. The molecule has 1 N–H and O–H groups in total. The molecule has 0 radical (unpaired) electrons. The molecule has 1 aliphatic carbocycles. The van der Waals surface area contributed by atoms with E-state index >= 15 is 0 Å². The van der Waals surface area contributed by atoms with Crippen molar-refractivity contribution in [2.45, 2.75) is 12.3 Å². The Hall–Kier alpha value is -2.13. The number of hydrogen-bond acceptors (Lipinski definition) is 2. The van der Waals surface area contributed by atoms with Gasteiger partial charge in [-0.2, -0.15) is 0 Å². The normalized spacial score (nSPS) is 16.9. The van der Waals surface area contributed by atoms with Crippen molar-refractivity contribution in [2.24, 2.45) is 0 Å². The summed E-state index contributed by atoms with van der Waals surface area (Å²) in [6.07, 6.45) is 0.228. The number of carbonyl (C=O) groups is 2. The number of nitrogens with one attached hydrogen (secondary N) is 1. The van der Waals surface area contributed by atoms with E-state index in [0.717, 1.165) is 5.56 Å². The van der Waals surface area contributed by atoms with E-state index < -0.39 is 5.92 Å². The van der Waals surface area contributed by atoms with E-state index in [1.54, 1.807) is 30.3 Å². The first-order chi connectivity index (χ1) is 9.65. The zero-order valence-corrected chi connectivity index (χ0v) is 11.4. The molecular weight excluding hydrogens is 274 g/mol. The molecular formula is C16H12ClNO2. The van der Waals surface area contributed by atoms with Gasteiger partial charge in [0, 0.05) is 22.7 Å². The number of hydrogen-bond donors (Lipinski definition) is 1. The number of amides is 1. The van der Waals surface area contributed by atoms with Crippen LogP contribution in [0.15, 0.2) is 48.5 Å². The third-order valence-corrected chi connectivity index (χ3v) is 3.67. The second-order valence-corrected chi connectivity index (χ2v) is 5.20. The average molecular weight is 286 g/mol. The summed E-state index contributed by atoms with van der Waals surface area (Å²) in [6.45, 7) is 0. The molecule has 2 aromatic rings. The standard InChI is InChI=1S/C16H12ClNO2/c17-10-4-3-5-11(8-10)18-16(20)14-9-15(19)13-7-2-1-6-12(13)14/h1-8,14H,9H2,(H,18,20)/t14-/m1/s1. The minimum absolute atomic E-state index is 0.0202. The van der Waals surface area contributed by atoms with Gasteiger partial charge in [0.25, 0.3) is 0 Å². The predicted molar refractivity (Wildman–Crippen MR) is 78.2 cm³/mol. The number of ketones is 1. The highest BCUT2D eigenvalue weighted by Crippen LogP contribution is 2.33. The number of benzene rings is 2. The molecule has 1 atom stereocenters. The van der Waals surface area contributed by atoms with Gasteiger partial charge < -0.3 is 5.32 Å². The number of rotatable bonds is 2. The van der Waals surface area contributed by atoms with Gasteiger partial charge in [0.1, 0.15) is 0 Å². The first-order valence-electron chi connectivity index (χ1n) is 6.34. The van der Waals surface area contributed by atoms with Crippen LogP contribution in [0.2, 0.25) is 5.02 Å². The molecule has 0 saturated heterocycles. The van der Waals surface area contributed by atoms with E-state index in [1.807, 2.05) is 18.2 Å². The van der Waals surface area contributed by atoms with Crippen LogP contribution in [-0.2, 0) is 4.79 Å². The minimum Gasteiger partial charge on any atom is -0.325 e. The van der Waals surface area contributed by atoms with Crippen molar-refractivity contribution in [3.8, 4) is 0 Å². The van der Waals surface area contributed by atoms with Crippen LogP contribution in [0.25, 0.3) is 0 Å². The second kappa shape index (κ2) is 5.10. The molecule has 0 fully saturated rings. The number of fused-ring (bicyclic) bond motifs is 1. The summed E-state index contributed by atoms with van der Waals surface area (Å²) in [7, 11) is 0. The number of halogens is 1. The summed E-state index contributed by atoms with van der Waals surface area (Å²) >= 11 is 5.89. The van der Waals surface area contributed by atoms with Crippen molar-refractivity contribution in [3.63, 3.8) is 0 Å². The van der Waals surface area contributed by atoms with Crippen LogP contribution in [0.1, 0.15) is 28.3 Å². The molecule has 0 aliphatic heterocycles. The van der Waals surface area contributed by atoms with Crippen LogP contribution in [0.4, 0.5) is 5.69 Å². The molecule has 1 aliphatic rings. The predicted octanol–water partition coefficient (Wildman–Crippen LogP) is 3.65. The third kappa shape index (κ3) is 2.32. The molecule has 1 amide bonds. The van der Waals surface area contributed by atoms with Gasteiger partial charge in [0.15, 0.2) is 5.78 Å². The van der Waals surface area contributed by atoms with Crippen molar-refractivity contribution in [1.82, 2.24) is 0 Å². The molecule has 4 heteroatoms. The van der Waals surface area contributed by atoms with E-state index in [9.17, 15) is 9.59 Å². The van der Waals surface area contributed by atoms with Crippen molar-refractivity contribution < 1.29 is 9.59 Å². The first kappa shape index (κ1) is 12.9. The molecule has 3 nitrogen and oxygen atoms in total. The molecule has 0 spiro atoms. The summed E-state index contributed by atoms with van der Waals surface area (Å²) in [5, 5.41) is 3.37. The van der Waals surface area contributed by atoms with Crippen LogP contribution in [-0.4, -0.2) is 11.7 Å². The summed E-state index contributed by atoms with van der Waals surface area (Å²) < 4.78 is 0. The Morgan fingerprint density at radius 2 is 1.95 bits per heavy atom. The third-order valence-electron chi connectivity index (χ3n) is 3.43. The van der Waals surface area contributed by atoms with E-state index in [4.69, 9.17) is 11.6 Å². The Balaban J connectivity index is 1.84. The molecule has 3 rings (SSSR count). The van der Waals surface area contributed by atoms with Gasteiger partial charge in [-0.15, -0.1) is 0 Å². The van der Waals surface area contributed by atoms with Crippen LogP contribution in [0.5, 0.6) is 0 Å². The summed E-state index contributed by atoms with van der Waals surface area (Å²) in [5.74, 6) is -0.574. The molecule has 2 aromatic carbocycles. The topological polar surface area (TPSA) is 46.2 Å². The van der Waals surface area contributed by atoms with Crippen LogP contribution < -0.4 is 5.32 Å². The lowest BCUT2D eigenvalue weighted by Crippen LogP contribution is -2.19. The van der Waals surface area contributed by atoms with Crippen LogP contribution in [0, 0.1) is 0 Å². The van der Waals surface area contributed by atoms with Gasteiger partial charge >= 0.3 is 0 Å². The monoisotopic (exact) mass is 285 g/mol. The molecule has 0 unspecified atom stereocenters. The maximum absolute atomic E-state index is 12.3. The molecule has 0 heterocycles. The molecule has 20 heavy (non-hydrogen) atoms.